The molecule has 0 amide bonds. The fourth-order valence-corrected chi connectivity index (χ4v) is 2.17. The molecule has 0 bridgehead atoms. The molecule has 15 heavy (non-hydrogen) atoms. The Morgan fingerprint density at radius 2 is 2.20 bits per heavy atom. The molecule has 1 aliphatic heterocycles. The van der Waals surface area contributed by atoms with Crippen LogP contribution in [0.5, 0.6) is 0 Å². The minimum absolute atomic E-state index is 0.0438. The number of ether oxygens (including phenoxy) is 1. The Balaban J connectivity index is 2.29. The number of Topliss-reactive ketones (excluding diaryl/α,β-unsaturated/α-hetero) is 1. The third-order valence-corrected chi connectivity index (χ3v) is 2.97. The van der Waals surface area contributed by atoms with E-state index in [2.05, 4.69) is 25.1 Å². The molecule has 0 aromatic heterocycles. The monoisotopic (exact) mass is 204 g/mol. The third kappa shape index (κ3) is 1.95. The van der Waals surface area contributed by atoms with E-state index >= 15 is 0 Å². The molecular weight excluding hydrogens is 188 g/mol. The van der Waals surface area contributed by atoms with Crippen LogP contribution >= 0.6 is 0 Å². The van der Waals surface area contributed by atoms with E-state index in [1.54, 1.807) is 6.92 Å². The van der Waals surface area contributed by atoms with Gasteiger partial charge in [0.1, 0.15) is 5.78 Å². The van der Waals surface area contributed by atoms with Crippen LogP contribution < -0.4 is 0 Å². The van der Waals surface area contributed by atoms with E-state index < -0.39 is 0 Å². The van der Waals surface area contributed by atoms with Crippen molar-refractivity contribution in [2.75, 3.05) is 13.2 Å². The summed E-state index contributed by atoms with van der Waals surface area (Å²) >= 11 is 0. The number of benzene rings is 1. The molecule has 2 rings (SSSR count). The normalized spacial score (nSPS) is 18.3. The van der Waals surface area contributed by atoms with E-state index in [0.29, 0.717) is 19.6 Å². The van der Waals surface area contributed by atoms with Crippen LogP contribution in [0.25, 0.3) is 0 Å². The zero-order chi connectivity index (χ0) is 10.9. The highest BCUT2D eigenvalue weighted by Gasteiger charge is 2.41. The zero-order valence-corrected chi connectivity index (χ0v) is 9.25. The fraction of sp³-hybridized carbons (Fsp3) is 0.462. The quantitative estimate of drug-likeness (QED) is 0.754. The largest absolute Gasteiger partial charge is 0.379 e. The molecule has 1 heterocycles. The summed E-state index contributed by atoms with van der Waals surface area (Å²) in [6.07, 6.45) is 0.594. The first-order valence-electron chi connectivity index (χ1n) is 5.27. The Morgan fingerprint density at radius 1 is 1.47 bits per heavy atom. The molecule has 1 fully saturated rings. The van der Waals surface area contributed by atoms with Gasteiger partial charge in [0, 0.05) is 11.8 Å². The number of rotatable bonds is 3. The molecule has 1 saturated heterocycles. The number of ketones is 1. The van der Waals surface area contributed by atoms with Crippen LogP contribution in [-0.4, -0.2) is 19.0 Å². The molecule has 0 atom stereocenters. The molecule has 0 aliphatic carbocycles. The summed E-state index contributed by atoms with van der Waals surface area (Å²) in [6, 6.07) is 8.37. The smallest absolute Gasteiger partial charge is 0.130 e. The molecule has 80 valence electrons. The Bertz CT molecular complexity index is 378. The zero-order valence-electron chi connectivity index (χ0n) is 9.25. The van der Waals surface area contributed by atoms with Gasteiger partial charge >= 0.3 is 0 Å². The van der Waals surface area contributed by atoms with Crippen molar-refractivity contribution in [1.29, 1.82) is 0 Å². The average Bonchev–Trinajstić information content (AvgIpc) is 2.11. The van der Waals surface area contributed by atoms with Crippen molar-refractivity contribution in [2.45, 2.75) is 25.7 Å². The van der Waals surface area contributed by atoms with Gasteiger partial charge in [-0.3, -0.25) is 4.79 Å². The van der Waals surface area contributed by atoms with Gasteiger partial charge in [0.15, 0.2) is 0 Å². The van der Waals surface area contributed by atoms with E-state index in [1.807, 2.05) is 6.07 Å². The molecule has 0 spiro atoms. The fourth-order valence-electron chi connectivity index (χ4n) is 2.17. The van der Waals surface area contributed by atoms with Gasteiger partial charge in [-0.15, -0.1) is 0 Å². The first-order chi connectivity index (χ1) is 7.12. The maximum absolute atomic E-state index is 11.3. The molecule has 0 saturated carbocycles. The van der Waals surface area contributed by atoms with Gasteiger partial charge in [-0.25, -0.2) is 0 Å². The van der Waals surface area contributed by atoms with Crippen LogP contribution in [0.4, 0.5) is 0 Å². The number of carbonyl (C=O) groups is 1. The average molecular weight is 204 g/mol. The first-order valence-corrected chi connectivity index (χ1v) is 5.27. The van der Waals surface area contributed by atoms with E-state index in [4.69, 9.17) is 4.74 Å². The Morgan fingerprint density at radius 3 is 2.67 bits per heavy atom. The van der Waals surface area contributed by atoms with Gasteiger partial charge in [0.2, 0.25) is 0 Å². The Hall–Kier alpha value is -1.15. The van der Waals surface area contributed by atoms with E-state index in [-0.39, 0.29) is 11.2 Å². The third-order valence-electron chi connectivity index (χ3n) is 2.97. The molecule has 0 unspecified atom stereocenters. The number of hydrogen-bond acceptors (Lipinski definition) is 2. The molecule has 2 heteroatoms. The van der Waals surface area contributed by atoms with Crippen molar-refractivity contribution in [3.8, 4) is 0 Å². The highest BCUT2D eigenvalue weighted by molar-refractivity contribution is 5.77. The predicted octanol–water partition coefficient (Wildman–Crippen LogP) is 2.24. The number of carbonyl (C=O) groups excluding carboxylic acids is 1. The predicted molar refractivity (Wildman–Crippen MR) is 59.0 cm³/mol. The lowest BCUT2D eigenvalue weighted by molar-refractivity contribution is -0.125. The van der Waals surface area contributed by atoms with Crippen LogP contribution in [-0.2, 0) is 14.9 Å². The Labute approximate surface area is 90.3 Å². The highest BCUT2D eigenvalue weighted by Crippen LogP contribution is 2.36. The SMILES string of the molecule is CC(=O)CC1(c2cccc(C)c2)COC1. The lowest BCUT2D eigenvalue weighted by Crippen LogP contribution is -2.48. The molecule has 0 N–H and O–H groups in total. The maximum atomic E-state index is 11.3. The van der Waals surface area contributed by atoms with Gasteiger partial charge in [-0.2, -0.15) is 0 Å². The highest BCUT2D eigenvalue weighted by atomic mass is 16.5. The summed E-state index contributed by atoms with van der Waals surface area (Å²) in [5, 5.41) is 0. The van der Waals surface area contributed by atoms with E-state index in [1.165, 1.54) is 11.1 Å². The van der Waals surface area contributed by atoms with Crippen molar-refractivity contribution >= 4 is 5.78 Å². The summed E-state index contributed by atoms with van der Waals surface area (Å²) in [5.41, 5.74) is 2.43. The summed E-state index contributed by atoms with van der Waals surface area (Å²) < 4.78 is 5.28. The summed E-state index contributed by atoms with van der Waals surface area (Å²) in [5.74, 6) is 0.236. The molecular formula is C13H16O2. The minimum Gasteiger partial charge on any atom is -0.379 e. The van der Waals surface area contributed by atoms with Crippen molar-refractivity contribution in [3.63, 3.8) is 0 Å². The van der Waals surface area contributed by atoms with Crippen LogP contribution in [0, 0.1) is 6.92 Å². The summed E-state index contributed by atoms with van der Waals surface area (Å²) in [4.78, 5) is 11.3. The van der Waals surface area contributed by atoms with Crippen LogP contribution in [0.2, 0.25) is 0 Å². The van der Waals surface area contributed by atoms with E-state index in [0.717, 1.165) is 0 Å². The second-order valence-electron chi connectivity index (χ2n) is 4.52. The lowest BCUT2D eigenvalue weighted by atomic mass is 9.74. The second-order valence-corrected chi connectivity index (χ2v) is 4.52. The van der Waals surface area contributed by atoms with Crippen molar-refractivity contribution in [1.82, 2.24) is 0 Å². The van der Waals surface area contributed by atoms with Gasteiger partial charge in [0.25, 0.3) is 0 Å². The molecule has 1 aromatic rings. The Kier molecular flexibility index (Phi) is 2.61. The first kappa shape index (κ1) is 10.4. The summed E-state index contributed by atoms with van der Waals surface area (Å²) in [6.45, 7) is 5.08. The van der Waals surface area contributed by atoms with Crippen molar-refractivity contribution in [2.24, 2.45) is 0 Å². The molecule has 1 aromatic carbocycles. The molecule has 2 nitrogen and oxygen atoms in total. The van der Waals surface area contributed by atoms with Crippen molar-refractivity contribution < 1.29 is 9.53 Å². The molecule has 1 aliphatic rings. The standard InChI is InChI=1S/C13H16O2/c1-10-4-3-5-12(6-10)13(7-11(2)14)8-15-9-13/h3-6H,7-9H2,1-2H3. The minimum atomic E-state index is -0.0438. The lowest BCUT2D eigenvalue weighted by Gasteiger charge is -2.41. The maximum Gasteiger partial charge on any atom is 0.130 e. The van der Waals surface area contributed by atoms with Gasteiger partial charge in [-0.05, 0) is 19.4 Å². The van der Waals surface area contributed by atoms with Gasteiger partial charge < -0.3 is 4.74 Å². The summed E-state index contributed by atoms with van der Waals surface area (Å²) in [7, 11) is 0. The van der Waals surface area contributed by atoms with Crippen molar-refractivity contribution in [3.05, 3.63) is 35.4 Å². The van der Waals surface area contributed by atoms with Gasteiger partial charge in [-0.1, -0.05) is 29.8 Å². The number of aryl methyl sites for hydroxylation is 1. The van der Waals surface area contributed by atoms with Crippen LogP contribution in [0.3, 0.4) is 0 Å². The van der Waals surface area contributed by atoms with Crippen LogP contribution in [0.1, 0.15) is 24.5 Å². The molecule has 0 radical (unpaired) electrons. The van der Waals surface area contributed by atoms with Gasteiger partial charge in [0.05, 0.1) is 13.2 Å². The second kappa shape index (κ2) is 3.78. The number of hydrogen-bond donors (Lipinski definition) is 0. The van der Waals surface area contributed by atoms with Crippen LogP contribution in [0.15, 0.2) is 24.3 Å². The topological polar surface area (TPSA) is 26.3 Å². The van der Waals surface area contributed by atoms with E-state index in [9.17, 15) is 4.79 Å².